The molecule has 0 N–H and O–H groups in total. The van der Waals surface area contributed by atoms with Gasteiger partial charge in [0.1, 0.15) is 22.1 Å². The van der Waals surface area contributed by atoms with Crippen LogP contribution in [0.4, 0.5) is 0 Å². The monoisotopic (exact) mass is 498 g/mol. The molecular weight excluding hydrogens is 476 g/mol. The highest BCUT2D eigenvalue weighted by atomic mass is 32.2. The van der Waals surface area contributed by atoms with Gasteiger partial charge in [-0.1, -0.05) is 0 Å². The van der Waals surface area contributed by atoms with E-state index in [4.69, 9.17) is 27.9 Å². The van der Waals surface area contributed by atoms with Crippen molar-refractivity contribution < 1.29 is 41.1 Å². The van der Waals surface area contributed by atoms with E-state index in [0.29, 0.717) is 28.6 Å². The van der Waals surface area contributed by atoms with E-state index in [1.165, 1.54) is 77.0 Å². The van der Waals surface area contributed by atoms with Crippen molar-refractivity contribution in [2.45, 2.75) is 4.90 Å². The molecule has 0 amide bonds. The van der Waals surface area contributed by atoms with Gasteiger partial charge in [0.15, 0.2) is 17.3 Å². The van der Waals surface area contributed by atoms with E-state index in [9.17, 15) is 13.2 Å². The maximum Gasteiger partial charge on any atom is 0.339 e. The number of ether oxygens (including phenoxy) is 5. The fourth-order valence-electron chi connectivity index (χ4n) is 3.52. The Bertz CT molecular complexity index is 1410. The molecule has 0 radical (unpaired) electrons. The van der Waals surface area contributed by atoms with Crippen molar-refractivity contribution in [1.82, 2.24) is 0 Å². The summed E-state index contributed by atoms with van der Waals surface area (Å²) in [5.41, 5.74) is 0.796. The highest BCUT2D eigenvalue weighted by Gasteiger charge is 2.29. The van der Waals surface area contributed by atoms with E-state index in [0.717, 1.165) is 0 Å². The summed E-state index contributed by atoms with van der Waals surface area (Å²) in [5.74, 6) is 1.53. The number of ketones is 1. The third kappa shape index (κ3) is 4.60. The molecule has 4 rings (SSSR count). The Morgan fingerprint density at radius 3 is 2.09 bits per heavy atom. The Labute approximate surface area is 202 Å². The van der Waals surface area contributed by atoms with Crippen LogP contribution in [-0.2, 0) is 10.1 Å². The quantitative estimate of drug-likeness (QED) is 0.335. The number of methoxy groups -OCH3 is 4. The lowest BCUT2D eigenvalue weighted by Gasteiger charge is -2.14. The molecule has 35 heavy (non-hydrogen) atoms. The lowest BCUT2D eigenvalue weighted by Crippen LogP contribution is -2.09. The molecule has 0 aromatic heterocycles. The number of hydrogen-bond donors (Lipinski definition) is 0. The minimum absolute atomic E-state index is 0.00249. The molecule has 3 aromatic carbocycles. The summed E-state index contributed by atoms with van der Waals surface area (Å²) in [7, 11) is 1.83. The van der Waals surface area contributed by atoms with Gasteiger partial charge in [-0.25, -0.2) is 0 Å². The lowest BCUT2D eigenvalue weighted by molar-refractivity contribution is 0.101. The Morgan fingerprint density at radius 2 is 1.46 bits per heavy atom. The minimum atomic E-state index is -4.11. The number of allylic oxidation sites excluding steroid dienone is 1. The van der Waals surface area contributed by atoms with Crippen molar-refractivity contribution in [2.75, 3.05) is 28.4 Å². The summed E-state index contributed by atoms with van der Waals surface area (Å²) in [6.07, 6.45) is 1.51. The van der Waals surface area contributed by atoms with Gasteiger partial charge in [0.2, 0.25) is 11.5 Å². The van der Waals surface area contributed by atoms with Crippen molar-refractivity contribution in [3.63, 3.8) is 0 Å². The number of Topliss-reactive ketones (excluding diaryl/α,β-unsaturated/α-hetero) is 1. The zero-order valence-corrected chi connectivity index (χ0v) is 20.2. The SMILES string of the molecule is COc1ccc(S(=O)(=O)Oc2ccc3c(c2)O/C(=C\c2ccc(OC)c(OC)c2OC)C3=O)cc1. The van der Waals surface area contributed by atoms with E-state index in [1.807, 2.05) is 0 Å². The molecule has 0 spiro atoms. The standard InChI is InChI=1S/C25H22O9S/c1-29-16-6-9-18(10-7-16)35(27,28)34-17-8-11-19-21(14-17)33-22(23(19)26)13-15-5-12-20(30-2)25(32-4)24(15)31-3/h5-14H,1-4H3/b22-13-. The first kappa shape index (κ1) is 24.0. The lowest BCUT2D eigenvalue weighted by atomic mass is 10.1. The van der Waals surface area contributed by atoms with Crippen LogP contribution in [0.3, 0.4) is 0 Å². The minimum Gasteiger partial charge on any atom is -0.497 e. The molecule has 0 fully saturated rings. The predicted molar refractivity (Wildman–Crippen MR) is 126 cm³/mol. The Hall–Kier alpha value is -4.18. The summed E-state index contributed by atoms with van der Waals surface area (Å²) in [5, 5.41) is 0. The fraction of sp³-hybridized carbons (Fsp3) is 0.160. The smallest absolute Gasteiger partial charge is 0.339 e. The maximum atomic E-state index is 12.9. The maximum absolute atomic E-state index is 12.9. The summed E-state index contributed by atoms with van der Waals surface area (Å²) in [6, 6.07) is 13.3. The second kappa shape index (κ2) is 9.59. The average Bonchev–Trinajstić information content (AvgIpc) is 3.17. The molecule has 0 aliphatic carbocycles. The second-order valence-corrected chi connectivity index (χ2v) is 8.78. The third-order valence-corrected chi connectivity index (χ3v) is 6.48. The van der Waals surface area contributed by atoms with E-state index in [2.05, 4.69) is 0 Å². The first-order valence-corrected chi connectivity index (χ1v) is 11.7. The van der Waals surface area contributed by atoms with Crippen LogP contribution in [0.25, 0.3) is 6.08 Å². The van der Waals surface area contributed by atoms with Gasteiger partial charge in [0.05, 0.1) is 34.0 Å². The normalized spacial score (nSPS) is 13.7. The first-order valence-electron chi connectivity index (χ1n) is 10.3. The molecule has 1 aliphatic heterocycles. The molecule has 0 saturated heterocycles. The zero-order chi connectivity index (χ0) is 25.2. The Balaban J connectivity index is 1.61. The average molecular weight is 499 g/mol. The van der Waals surface area contributed by atoms with E-state index in [1.54, 1.807) is 12.1 Å². The number of fused-ring (bicyclic) bond motifs is 1. The Kier molecular flexibility index (Phi) is 6.57. The van der Waals surface area contributed by atoms with Crippen LogP contribution in [-0.4, -0.2) is 42.6 Å². The van der Waals surface area contributed by atoms with Gasteiger partial charge >= 0.3 is 10.1 Å². The van der Waals surface area contributed by atoms with Crippen molar-refractivity contribution in [2.24, 2.45) is 0 Å². The van der Waals surface area contributed by atoms with Crippen LogP contribution < -0.4 is 27.9 Å². The van der Waals surface area contributed by atoms with Crippen LogP contribution in [0.2, 0.25) is 0 Å². The van der Waals surface area contributed by atoms with E-state index in [-0.39, 0.29) is 33.5 Å². The van der Waals surface area contributed by atoms with Crippen molar-refractivity contribution >= 4 is 22.0 Å². The molecule has 9 nitrogen and oxygen atoms in total. The predicted octanol–water partition coefficient (Wildman–Crippen LogP) is 4.10. The molecule has 1 aliphatic rings. The van der Waals surface area contributed by atoms with E-state index < -0.39 is 10.1 Å². The van der Waals surface area contributed by atoms with Crippen LogP contribution in [0.15, 0.2) is 65.3 Å². The van der Waals surface area contributed by atoms with Gasteiger partial charge in [-0.3, -0.25) is 4.79 Å². The van der Waals surface area contributed by atoms with Gasteiger partial charge in [-0.15, -0.1) is 0 Å². The highest BCUT2D eigenvalue weighted by Crippen LogP contribution is 2.42. The summed E-state index contributed by atoms with van der Waals surface area (Å²) in [4.78, 5) is 12.9. The molecular formula is C25H22O9S. The van der Waals surface area contributed by atoms with Gasteiger partial charge in [0, 0.05) is 11.6 Å². The summed E-state index contributed by atoms with van der Waals surface area (Å²) >= 11 is 0. The molecule has 0 saturated carbocycles. The third-order valence-electron chi connectivity index (χ3n) is 5.22. The number of carbonyl (C=O) groups is 1. The zero-order valence-electron chi connectivity index (χ0n) is 19.4. The van der Waals surface area contributed by atoms with Gasteiger partial charge < -0.3 is 27.9 Å². The molecule has 0 unspecified atom stereocenters. The van der Waals surface area contributed by atoms with E-state index >= 15 is 0 Å². The number of hydrogen-bond acceptors (Lipinski definition) is 9. The second-order valence-electron chi connectivity index (χ2n) is 7.23. The number of benzene rings is 3. The Morgan fingerprint density at radius 1 is 0.771 bits per heavy atom. The largest absolute Gasteiger partial charge is 0.497 e. The molecule has 10 heteroatoms. The number of rotatable bonds is 8. The number of carbonyl (C=O) groups excluding carboxylic acids is 1. The van der Waals surface area contributed by atoms with Crippen LogP contribution in [0, 0.1) is 0 Å². The molecule has 3 aromatic rings. The first-order chi connectivity index (χ1) is 16.8. The summed E-state index contributed by atoms with van der Waals surface area (Å²) < 4.78 is 57.4. The van der Waals surface area contributed by atoms with Crippen LogP contribution in [0.5, 0.6) is 34.5 Å². The van der Waals surface area contributed by atoms with Gasteiger partial charge in [0.25, 0.3) is 0 Å². The van der Waals surface area contributed by atoms with Crippen molar-refractivity contribution in [3.8, 4) is 34.5 Å². The summed E-state index contributed by atoms with van der Waals surface area (Å²) in [6.45, 7) is 0. The van der Waals surface area contributed by atoms with Gasteiger partial charge in [-0.2, -0.15) is 8.42 Å². The molecule has 182 valence electrons. The van der Waals surface area contributed by atoms with Crippen LogP contribution in [0.1, 0.15) is 15.9 Å². The molecule has 0 bridgehead atoms. The molecule has 0 atom stereocenters. The van der Waals surface area contributed by atoms with Crippen LogP contribution >= 0.6 is 0 Å². The topological polar surface area (TPSA) is 107 Å². The van der Waals surface area contributed by atoms with Crippen molar-refractivity contribution in [1.29, 1.82) is 0 Å². The molecule has 1 heterocycles. The highest BCUT2D eigenvalue weighted by molar-refractivity contribution is 7.87. The van der Waals surface area contributed by atoms with Crippen molar-refractivity contribution in [3.05, 3.63) is 71.5 Å². The van der Waals surface area contributed by atoms with Gasteiger partial charge in [-0.05, 0) is 54.6 Å². The fourth-order valence-corrected chi connectivity index (χ4v) is 4.44.